The zero-order chi connectivity index (χ0) is 14.8. The van der Waals surface area contributed by atoms with E-state index >= 15 is 0 Å². The van der Waals surface area contributed by atoms with Gasteiger partial charge in [0.1, 0.15) is 11.3 Å². The lowest BCUT2D eigenvalue weighted by molar-refractivity contribution is 0.748. The van der Waals surface area contributed by atoms with E-state index in [1.165, 1.54) is 0 Å². The van der Waals surface area contributed by atoms with Crippen molar-refractivity contribution >= 4 is 34.4 Å². The Morgan fingerprint density at radius 2 is 2.05 bits per heavy atom. The lowest BCUT2D eigenvalue weighted by Crippen LogP contribution is -2.07. The number of nitrogens with zero attached hydrogens (tertiary/aromatic N) is 3. The molecule has 108 valence electrons. The highest BCUT2D eigenvalue weighted by Crippen LogP contribution is 2.21. The first-order valence-electron chi connectivity index (χ1n) is 6.80. The normalized spacial score (nSPS) is 11.2. The monoisotopic (exact) mass is 319 g/mol. The maximum Gasteiger partial charge on any atom is 0.160 e. The fourth-order valence-electron chi connectivity index (χ4n) is 2.40. The summed E-state index contributed by atoms with van der Waals surface area (Å²) in [6, 6.07) is 9.88. The summed E-state index contributed by atoms with van der Waals surface area (Å²) in [4.78, 5) is 9.19. The van der Waals surface area contributed by atoms with Crippen LogP contribution in [-0.4, -0.2) is 20.4 Å². The number of rotatable bonds is 4. The molecule has 0 unspecified atom stereocenters. The smallest absolute Gasteiger partial charge is 0.160 e. The van der Waals surface area contributed by atoms with Crippen LogP contribution in [0.4, 0.5) is 0 Å². The standard InChI is InChI=1S/C16H15Cl2N3/c1-11-8-14-16(19-9-11)21(15(20-14)6-7-17)10-12-4-2-3-5-13(12)18/h2-5,8-9H,6-7,10H2,1H3. The van der Waals surface area contributed by atoms with Gasteiger partial charge in [0.2, 0.25) is 0 Å². The van der Waals surface area contributed by atoms with E-state index < -0.39 is 0 Å². The van der Waals surface area contributed by atoms with E-state index in [-0.39, 0.29) is 0 Å². The van der Waals surface area contributed by atoms with Crippen molar-refractivity contribution in [1.82, 2.24) is 14.5 Å². The van der Waals surface area contributed by atoms with Crippen molar-refractivity contribution in [1.29, 1.82) is 0 Å². The number of alkyl halides is 1. The predicted molar refractivity (Wildman–Crippen MR) is 87.2 cm³/mol. The molecule has 0 amide bonds. The third-order valence-corrected chi connectivity index (χ3v) is 3.96. The predicted octanol–water partition coefficient (Wildman–Crippen LogP) is 4.22. The van der Waals surface area contributed by atoms with Gasteiger partial charge in [-0.2, -0.15) is 0 Å². The van der Waals surface area contributed by atoms with Gasteiger partial charge in [-0.3, -0.25) is 0 Å². The number of imidazole rings is 1. The molecule has 0 fully saturated rings. The summed E-state index contributed by atoms with van der Waals surface area (Å²) >= 11 is 12.2. The summed E-state index contributed by atoms with van der Waals surface area (Å²) in [6.07, 6.45) is 2.57. The number of fused-ring (bicyclic) bond motifs is 1. The van der Waals surface area contributed by atoms with E-state index in [0.717, 1.165) is 33.1 Å². The van der Waals surface area contributed by atoms with Gasteiger partial charge >= 0.3 is 0 Å². The molecule has 5 heteroatoms. The van der Waals surface area contributed by atoms with Crippen LogP contribution >= 0.6 is 23.2 Å². The maximum atomic E-state index is 6.27. The molecule has 0 spiro atoms. The van der Waals surface area contributed by atoms with Crippen molar-refractivity contribution in [2.75, 3.05) is 5.88 Å². The van der Waals surface area contributed by atoms with Crippen LogP contribution in [0.2, 0.25) is 5.02 Å². The van der Waals surface area contributed by atoms with Crippen LogP contribution < -0.4 is 0 Å². The summed E-state index contributed by atoms with van der Waals surface area (Å²) in [7, 11) is 0. The molecule has 3 nitrogen and oxygen atoms in total. The van der Waals surface area contributed by atoms with Gasteiger partial charge in [0.15, 0.2) is 5.65 Å². The Morgan fingerprint density at radius 3 is 2.81 bits per heavy atom. The number of aromatic nitrogens is 3. The van der Waals surface area contributed by atoms with Gasteiger partial charge in [-0.25, -0.2) is 9.97 Å². The van der Waals surface area contributed by atoms with Crippen molar-refractivity contribution in [2.24, 2.45) is 0 Å². The minimum atomic E-state index is 0.533. The Hall–Kier alpha value is -1.58. The van der Waals surface area contributed by atoms with E-state index in [0.29, 0.717) is 18.8 Å². The van der Waals surface area contributed by atoms with E-state index in [4.69, 9.17) is 23.2 Å². The number of benzene rings is 1. The minimum Gasteiger partial charge on any atom is -0.308 e. The van der Waals surface area contributed by atoms with E-state index in [1.54, 1.807) is 0 Å². The van der Waals surface area contributed by atoms with Crippen LogP contribution in [-0.2, 0) is 13.0 Å². The molecular formula is C16H15Cl2N3. The van der Waals surface area contributed by atoms with E-state index in [2.05, 4.69) is 14.5 Å². The molecule has 0 bridgehead atoms. The zero-order valence-electron chi connectivity index (χ0n) is 11.7. The molecule has 0 aliphatic carbocycles. The number of hydrogen-bond acceptors (Lipinski definition) is 2. The Kier molecular flexibility index (Phi) is 4.13. The van der Waals surface area contributed by atoms with Crippen molar-refractivity contribution in [3.05, 3.63) is 58.5 Å². The lowest BCUT2D eigenvalue weighted by Gasteiger charge is -2.09. The second kappa shape index (κ2) is 6.04. The Labute approximate surface area is 133 Å². The Morgan fingerprint density at radius 1 is 1.24 bits per heavy atom. The molecule has 1 aromatic carbocycles. The molecule has 0 saturated heterocycles. The molecule has 0 atom stereocenters. The zero-order valence-corrected chi connectivity index (χ0v) is 13.2. The molecule has 0 aliphatic rings. The van der Waals surface area contributed by atoms with E-state index in [9.17, 15) is 0 Å². The molecule has 0 saturated carbocycles. The summed E-state index contributed by atoms with van der Waals surface area (Å²) in [5.74, 6) is 1.48. The molecule has 2 aromatic heterocycles. The van der Waals surface area contributed by atoms with Gasteiger partial charge in [-0.1, -0.05) is 29.8 Å². The fraction of sp³-hybridized carbons (Fsp3) is 0.250. The lowest BCUT2D eigenvalue weighted by atomic mass is 10.2. The number of halogens is 2. The largest absolute Gasteiger partial charge is 0.308 e. The van der Waals surface area contributed by atoms with Crippen molar-refractivity contribution in [3.63, 3.8) is 0 Å². The van der Waals surface area contributed by atoms with Gasteiger partial charge in [0.05, 0.1) is 6.54 Å². The highest BCUT2D eigenvalue weighted by molar-refractivity contribution is 6.31. The van der Waals surface area contributed by atoms with E-state index in [1.807, 2.05) is 43.5 Å². The third-order valence-electron chi connectivity index (χ3n) is 3.41. The first kappa shape index (κ1) is 14.4. The summed E-state index contributed by atoms with van der Waals surface area (Å²) in [6.45, 7) is 2.67. The number of hydrogen-bond donors (Lipinski definition) is 0. The van der Waals surface area contributed by atoms with Gasteiger partial charge in [0, 0.05) is 23.5 Å². The number of aryl methyl sites for hydroxylation is 2. The summed E-state index contributed by atoms with van der Waals surface area (Å²) < 4.78 is 2.10. The SMILES string of the molecule is Cc1cnc2c(c1)nc(CCCl)n2Cc1ccccc1Cl. The van der Waals surface area contributed by atoms with Gasteiger partial charge in [-0.15, -0.1) is 11.6 Å². The number of pyridine rings is 1. The average molecular weight is 320 g/mol. The maximum absolute atomic E-state index is 6.27. The van der Waals surface area contributed by atoms with Crippen LogP contribution in [0, 0.1) is 6.92 Å². The van der Waals surface area contributed by atoms with Crippen LogP contribution in [0.15, 0.2) is 36.5 Å². The molecule has 0 N–H and O–H groups in total. The van der Waals surface area contributed by atoms with Crippen LogP contribution in [0.1, 0.15) is 17.0 Å². The van der Waals surface area contributed by atoms with Crippen molar-refractivity contribution in [3.8, 4) is 0 Å². The first-order valence-corrected chi connectivity index (χ1v) is 7.71. The van der Waals surface area contributed by atoms with Gasteiger partial charge < -0.3 is 4.57 Å². The minimum absolute atomic E-state index is 0.533. The molecule has 0 aliphatic heterocycles. The molecular weight excluding hydrogens is 305 g/mol. The summed E-state index contributed by atoms with van der Waals surface area (Å²) in [5.41, 5.74) is 3.93. The van der Waals surface area contributed by atoms with Gasteiger partial charge in [-0.05, 0) is 30.2 Å². The highest BCUT2D eigenvalue weighted by Gasteiger charge is 2.13. The molecule has 0 radical (unpaired) electrons. The molecule has 2 heterocycles. The highest BCUT2D eigenvalue weighted by atomic mass is 35.5. The quantitative estimate of drug-likeness (QED) is 0.674. The van der Waals surface area contributed by atoms with Crippen LogP contribution in [0.3, 0.4) is 0 Å². The second-order valence-electron chi connectivity index (χ2n) is 5.00. The van der Waals surface area contributed by atoms with Crippen LogP contribution in [0.5, 0.6) is 0 Å². The second-order valence-corrected chi connectivity index (χ2v) is 5.79. The first-order chi connectivity index (χ1) is 10.2. The Bertz CT molecular complexity index is 780. The molecule has 3 aromatic rings. The van der Waals surface area contributed by atoms with Crippen molar-refractivity contribution in [2.45, 2.75) is 19.9 Å². The average Bonchev–Trinajstić information content (AvgIpc) is 2.79. The van der Waals surface area contributed by atoms with Gasteiger partial charge in [0.25, 0.3) is 0 Å². The van der Waals surface area contributed by atoms with Crippen LogP contribution in [0.25, 0.3) is 11.2 Å². The molecule has 3 rings (SSSR count). The Balaban J connectivity index is 2.11. The molecule has 21 heavy (non-hydrogen) atoms. The van der Waals surface area contributed by atoms with Crippen molar-refractivity contribution < 1.29 is 0 Å². The topological polar surface area (TPSA) is 30.7 Å². The third kappa shape index (κ3) is 2.89. The fourth-order valence-corrected chi connectivity index (χ4v) is 2.76. The summed E-state index contributed by atoms with van der Waals surface area (Å²) in [5, 5.41) is 0.753.